The maximum Gasteiger partial charge on any atom is 0.338 e. The summed E-state index contributed by atoms with van der Waals surface area (Å²) in [6.07, 6.45) is 6.23. The Morgan fingerprint density at radius 3 is 2.72 bits per heavy atom. The third-order valence-corrected chi connectivity index (χ3v) is 3.65. The number of aryl methyl sites for hydroxylation is 1. The van der Waals surface area contributed by atoms with Crippen LogP contribution in [0.3, 0.4) is 0 Å². The predicted octanol–water partition coefficient (Wildman–Crippen LogP) is 3.31. The normalized spacial score (nSPS) is 16.5. The Hall–Kier alpha value is -1.51. The maximum atomic E-state index is 12.0. The molecule has 0 bridgehead atoms. The van der Waals surface area contributed by atoms with Gasteiger partial charge in [0, 0.05) is 5.69 Å². The van der Waals surface area contributed by atoms with Gasteiger partial charge in [0.2, 0.25) is 0 Å². The molecule has 18 heavy (non-hydrogen) atoms. The van der Waals surface area contributed by atoms with Crippen molar-refractivity contribution < 1.29 is 9.53 Å². The highest BCUT2D eigenvalue weighted by atomic mass is 16.5. The maximum absolute atomic E-state index is 12.0. The third-order valence-electron chi connectivity index (χ3n) is 3.65. The van der Waals surface area contributed by atoms with Crippen LogP contribution in [0.15, 0.2) is 18.2 Å². The van der Waals surface area contributed by atoms with Gasteiger partial charge in [-0.1, -0.05) is 19.3 Å². The fourth-order valence-corrected chi connectivity index (χ4v) is 2.54. The van der Waals surface area contributed by atoms with Crippen molar-refractivity contribution in [2.45, 2.75) is 39.0 Å². The van der Waals surface area contributed by atoms with Crippen LogP contribution in [0.25, 0.3) is 0 Å². The van der Waals surface area contributed by atoms with E-state index in [2.05, 4.69) is 0 Å². The zero-order valence-corrected chi connectivity index (χ0v) is 10.9. The fourth-order valence-electron chi connectivity index (χ4n) is 2.54. The second kappa shape index (κ2) is 5.89. The van der Waals surface area contributed by atoms with Gasteiger partial charge in [-0.05, 0) is 49.4 Å². The molecule has 1 aromatic rings. The summed E-state index contributed by atoms with van der Waals surface area (Å²) in [5.41, 5.74) is 7.85. The second-order valence-corrected chi connectivity index (χ2v) is 5.18. The van der Waals surface area contributed by atoms with Crippen molar-refractivity contribution in [3.05, 3.63) is 29.3 Å². The van der Waals surface area contributed by atoms with Gasteiger partial charge in [0.1, 0.15) is 0 Å². The number of carbonyl (C=O) groups excluding carboxylic acids is 1. The van der Waals surface area contributed by atoms with Gasteiger partial charge >= 0.3 is 5.97 Å². The lowest BCUT2D eigenvalue weighted by atomic mass is 9.90. The Balaban J connectivity index is 1.90. The van der Waals surface area contributed by atoms with E-state index in [0.29, 0.717) is 23.8 Å². The lowest BCUT2D eigenvalue weighted by molar-refractivity contribution is 0.0409. The van der Waals surface area contributed by atoms with Crippen molar-refractivity contribution >= 4 is 11.7 Å². The first-order chi connectivity index (χ1) is 8.66. The van der Waals surface area contributed by atoms with Gasteiger partial charge in [-0.15, -0.1) is 0 Å². The van der Waals surface area contributed by atoms with E-state index in [4.69, 9.17) is 10.5 Å². The molecule has 0 aliphatic heterocycles. The minimum Gasteiger partial charge on any atom is -0.462 e. The number of benzene rings is 1. The molecule has 0 unspecified atom stereocenters. The van der Waals surface area contributed by atoms with Crippen LogP contribution in [0.1, 0.15) is 48.0 Å². The Bertz CT molecular complexity index is 423. The highest BCUT2D eigenvalue weighted by molar-refractivity contribution is 5.91. The quantitative estimate of drug-likeness (QED) is 0.658. The minimum absolute atomic E-state index is 0.224. The van der Waals surface area contributed by atoms with Crippen molar-refractivity contribution in [1.29, 1.82) is 0 Å². The average Bonchev–Trinajstić information content (AvgIpc) is 2.37. The summed E-state index contributed by atoms with van der Waals surface area (Å²) in [6.45, 7) is 2.44. The van der Waals surface area contributed by atoms with Gasteiger partial charge in [-0.3, -0.25) is 0 Å². The molecule has 1 aliphatic rings. The summed E-state index contributed by atoms with van der Waals surface area (Å²) in [7, 11) is 0. The van der Waals surface area contributed by atoms with Crippen molar-refractivity contribution in [3.8, 4) is 0 Å². The highest BCUT2D eigenvalue weighted by Gasteiger charge is 2.17. The first kappa shape index (κ1) is 12.9. The predicted molar refractivity (Wildman–Crippen MR) is 72.4 cm³/mol. The molecule has 0 saturated heterocycles. The van der Waals surface area contributed by atoms with Gasteiger partial charge in [0.25, 0.3) is 0 Å². The average molecular weight is 247 g/mol. The molecule has 3 nitrogen and oxygen atoms in total. The van der Waals surface area contributed by atoms with Crippen LogP contribution >= 0.6 is 0 Å². The number of nitrogen functional groups attached to an aromatic ring is 1. The molecule has 0 amide bonds. The summed E-state index contributed by atoms with van der Waals surface area (Å²) in [4.78, 5) is 12.0. The molecular weight excluding hydrogens is 226 g/mol. The van der Waals surface area contributed by atoms with Crippen LogP contribution in [-0.4, -0.2) is 12.6 Å². The number of carbonyl (C=O) groups is 1. The summed E-state index contributed by atoms with van der Waals surface area (Å²) >= 11 is 0. The van der Waals surface area contributed by atoms with Crippen LogP contribution in [-0.2, 0) is 4.74 Å². The molecule has 0 atom stereocenters. The summed E-state index contributed by atoms with van der Waals surface area (Å²) in [5.74, 6) is 0.329. The van der Waals surface area contributed by atoms with Crippen molar-refractivity contribution in [1.82, 2.24) is 0 Å². The lowest BCUT2D eigenvalue weighted by Crippen LogP contribution is -2.17. The molecule has 3 heteroatoms. The molecule has 0 spiro atoms. The van der Waals surface area contributed by atoms with E-state index < -0.39 is 0 Å². The molecule has 0 heterocycles. The molecule has 2 rings (SSSR count). The van der Waals surface area contributed by atoms with Crippen LogP contribution in [0.5, 0.6) is 0 Å². The van der Waals surface area contributed by atoms with E-state index in [1.54, 1.807) is 18.2 Å². The monoisotopic (exact) mass is 247 g/mol. The van der Waals surface area contributed by atoms with Crippen molar-refractivity contribution in [2.75, 3.05) is 12.3 Å². The van der Waals surface area contributed by atoms with E-state index in [1.165, 1.54) is 32.1 Å². The number of ether oxygens (including phenoxy) is 1. The number of hydrogen-bond donors (Lipinski definition) is 1. The molecule has 0 aromatic heterocycles. The molecular formula is C15H21NO2. The molecule has 1 aliphatic carbocycles. The summed E-state index contributed by atoms with van der Waals surface area (Å²) < 4.78 is 5.41. The standard InChI is InChI=1S/C15H21NO2/c1-11-9-13(16)7-8-14(11)15(17)18-10-12-5-3-2-4-6-12/h7-9,12H,2-6,10,16H2,1H3. The van der Waals surface area contributed by atoms with Gasteiger partial charge in [0.05, 0.1) is 12.2 Å². The number of anilines is 1. The number of rotatable bonds is 3. The zero-order chi connectivity index (χ0) is 13.0. The Morgan fingerprint density at radius 1 is 1.33 bits per heavy atom. The molecule has 1 saturated carbocycles. The number of esters is 1. The van der Waals surface area contributed by atoms with E-state index in [0.717, 1.165) is 5.56 Å². The van der Waals surface area contributed by atoms with Crippen molar-refractivity contribution in [3.63, 3.8) is 0 Å². The Morgan fingerprint density at radius 2 is 2.06 bits per heavy atom. The first-order valence-corrected chi connectivity index (χ1v) is 6.70. The molecule has 0 radical (unpaired) electrons. The topological polar surface area (TPSA) is 52.3 Å². The van der Waals surface area contributed by atoms with Gasteiger partial charge in [-0.2, -0.15) is 0 Å². The van der Waals surface area contributed by atoms with Crippen LogP contribution in [0, 0.1) is 12.8 Å². The van der Waals surface area contributed by atoms with E-state index in [-0.39, 0.29) is 5.97 Å². The van der Waals surface area contributed by atoms with E-state index >= 15 is 0 Å². The third kappa shape index (κ3) is 3.25. The van der Waals surface area contributed by atoms with E-state index in [9.17, 15) is 4.79 Å². The summed E-state index contributed by atoms with van der Waals surface area (Å²) in [6, 6.07) is 5.29. The largest absolute Gasteiger partial charge is 0.462 e. The number of nitrogens with two attached hydrogens (primary N) is 1. The van der Waals surface area contributed by atoms with Crippen LogP contribution < -0.4 is 5.73 Å². The Kier molecular flexibility index (Phi) is 4.24. The SMILES string of the molecule is Cc1cc(N)ccc1C(=O)OCC1CCCCC1. The van der Waals surface area contributed by atoms with Crippen LogP contribution in [0.2, 0.25) is 0 Å². The van der Waals surface area contributed by atoms with Crippen molar-refractivity contribution in [2.24, 2.45) is 5.92 Å². The summed E-state index contributed by atoms with van der Waals surface area (Å²) in [5, 5.41) is 0. The smallest absolute Gasteiger partial charge is 0.338 e. The molecule has 1 aromatic carbocycles. The van der Waals surface area contributed by atoms with Gasteiger partial charge < -0.3 is 10.5 Å². The Labute approximate surface area is 108 Å². The number of hydrogen-bond acceptors (Lipinski definition) is 3. The molecule has 98 valence electrons. The van der Waals surface area contributed by atoms with Gasteiger partial charge in [0.15, 0.2) is 0 Å². The zero-order valence-electron chi connectivity index (χ0n) is 10.9. The fraction of sp³-hybridized carbons (Fsp3) is 0.533. The van der Waals surface area contributed by atoms with E-state index in [1.807, 2.05) is 6.92 Å². The second-order valence-electron chi connectivity index (χ2n) is 5.18. The lowest BCUT2D eigenvalue weighted by Gasteiger charge is -2.21. The van der Waals surface area contributed by atoms with Gasteiger partial charge in [-0.25, -0.2) is 4.79 Å². The highest BCUT2D eigenvalue weighted by Crippen LogP contribution is 2.24. The first-order valence-electron chi connectivity index (χ1n) is 6.70. The minimum atomic E-state index is -0.224. The molecule has 2 N–H and O–H groups in total. The van der Waals surface area contributed by atoms with Crippen LogP contribution in [0.4, 0.5) is 5.69 Å². The molecule has 1 fully saturated rings.